The summed E-state index contributed by atoms with van der Waals surface area (Å²) in [6.07, 6.45) is 0. The van der Waals surface area contributed by atoms with Gasteiger partial charge in [0.1, 0.15) is 26.2 Å². The summed E-state index contributed by atoms with van der Waals surface area (Å²) < 4.78 is 7.03. The quantitative estimate of drug-likeness (QED) is 0.434. The van der Waals surface area contributed by atoms with Gasteiger partial charge in [-0.1, -0.05) is 11.6 Å². The molecule has 1 atom stereocenters. The van der Waals surface area contributed by atoms with Gasteiger partial charge < -0.3 is 19.5 Å². The van der Waals surface area contributed by atoms with Gasteiger partial charge in [-0.15, -0.1) is 5.10 Å². The molecule has 9 nitrogen and oxygen atoms in total. The summed E-state index contributed by atoms with van der Waals surface area (Å²) in [5, 5.41) is 13.6. The van der Waals surface area contributed by atoms with E-state index in [1.807, 2.05) is 13.0 Å². The second-order valence-electron chi connectivity index (χ2n) is 8.55. The zero-order chi connectivity index (χ0) is 22.0. The highest BCUT2D eigenvalue weighted by molar-refractivity contribution is 5.83. The van der Waals surface area contributed by atoms with Crippen molar-refractivity contribution in [1.29, 1.82) is 0 Å². The average molecular weight is 428 g/mol. The van der Waals surface area contributed by atoms with Crippen LogP contribution in [0.1, 0.15) is 35.5 Å². The topological polar surface area (TPSA) is 94.6 Å². The number of nitrogens with one attached hydrogen (secondary N) is 3. The van der Waals surface area contributed by atoms with Crippen molar-refractivity contribution < 1.29 is 14.5 Å². The molecule has 0 radical (unpaired) electrons. The van der Waals surface area contributed by atoms with Crippen molar-refractivity contribution in [3.05, 3.63) is 51.1 Å². The van der Waals surface area contributed by atoms with Crippen molar-refractivity contribution in [2.75, 3.05) is 46.4 Å². The molecule has 3 heterocycles. The summed E-state index contributed by atoms with van der Waals surface area (Å²) in [5.41, 5.74) is 3.81. The molecule has 9 heteroatoms. The van der Waals surface area contributed by atoms with Crippen LogP contribution in [0, 0.1) is 13.8 Å². The molecule has 3 aromatic rings. The third-order valence-corrected chi connectivity index (χ3v) is 6.47. The number of H-pyrrole nitrogens is 1. The van der Waals surface area contributed by atoms with Gasteiger partial charge in [0.05, 0.1) is 30.8 Å². The van der Waals surface area contributed by atoms with Crippen molar-refractivity contribution in [1.82, 2.24) is 25.2 Å². The molecule has 1 aliphatic rings. The molecular weight excluding hydrogens is 394 g/mol. The number of benzene rings is 1. The molecular formula is C22H33N7O2+2. The van der Waals surface area contributed by atoms with E-state index in [-0.39, 0.29) is 11.6 Å². The third-order valence-electron chi connectivity index (χ3n) is 6.47. The van der Waals surface area contributed by atoms with Crippen LogP contribution in [0.5, 0.6) is 0 Å². The van der Waals surface area contributed by atoms with Crippen LogP contribution in [0.15, 0.2) is 23.0 Å². The highest BCUT2D eigenvalue weighted by Gasteiger charge is 2.37. The number of aromatic nitrogens is 5. The first kappa shape index (κ1) is 21.6. The fourth-order valence-electron chi connectivity index (χ4n) is 4.78. The molecule has 1 saturated heterocycles. The number of tetrazole rings is 1. The zero-order valence-electron chi connectivity index (χ0n) is 18.9. The average Bonchev–Trinajstić information content (AvgIpc) is 3.22. The van der Waals surface area contributed by atoms with Gasteiger partial charge in [0, 0.05) is 7.11 Å². The van der Waals surface area contributed by atoms with Crippen molar-refractivity contribution in [3.63, 3.8) is 0 Å². The molecule has 0 bridgehead atoms. The number of quaternary nitrogens is 2. The zero-order valence-corrected chi connectivity index (χ0v) is 18.9. The molecule has 4 rings (SSSR count). The number of aryl methyl sites for hydroxylation is 2. The lowest BCUT2D eigenvalue weighted by atomic mass is 10.00. The van der Waals surface area contributed by atoms with Crippen LogP contribution in [0.2, 0.25) is 0 Å². The number of methoxy groups -OCH3 is 1. The highest BCUT2D eigenvalue weighted by atomic mass is 16.5. The molecule has 1 fully saturated rings. The summed E-state index contributed by atoms with van der Waals surface area (Å²) in [6, 6.07) is 6.04. The molecule has 2 aromatic heterocycles. The Kier molecular flexibility index (Phi) is 6.45. The number of aromatic amines is 1. The van der Waals surface area contributed by atoms with Gasteiger partial charge in [-0.3, -0.25) is 4.79 Å². The Morgan fingerprint density at radius 1 is 1.19 bits per heavy atom. The summed E-state index contributed by atoms with van der Waals surface area (Å²) in [6.45, 7) is 12.6. The summed E-state index contributed by atoms with van der Waals surface area (Å²) in [7, 11) is 1.66. The van der Waals surface area contributed by atoms with Gasteiger partial charge >= 0.3 is 0 Å². The molecule has 0 aliphatic carbocycles. The Bertz CT molecular complexity index is 1100. The minimum atomic E-state index is -0.223. The number of hydrogen-bond donors (Lipinski definition) is 3. The maximum atomic E-state index is 13.3. The Labute approximate surface area is 182 Å². The number of fused-ring (bicyclic) bond motifs is 1. The van der Waals surface area contributed by atoms with E-state index in [0.29, 0.717) is 13.2 Å². The maximum Gasteiger partial charge on any atom is 0.258 e. The summed E-state index contributed by atoms with van der Waals surface area (Å²) >= 11 is 0. The van der Waals surface area contributed by atoms with Crippen LogP contribution in [0.3, 0.4) is 0 Å². The first-order valence-electron chi connectivity index (χ1n) is 11.1. The second-order valence-corrected chi connectivity index (χ2v) is 8.55. The standard InChI is InChI=1S/C22H31N7O2/c1-5-27-6-8-28(9-7-27)20(21-24-25-26-29(21)10-11-31-4)18-14-17-13-15(2)12-16(3)19(17)23-22(18)30/h12-14,20H,5-11H2,1-4H3,(H,23,30)/p+2/t20-/m1/s1. The summed E-state index contributed by atoms with van der Waals surface area (Å²) in [5.74, 6) is 0.723. The monoisotopic (exact) mass is 427 g/mol. The van der Waals surface area contributed by atoms with Crippen LogP contribution in [-0.4, -0.2) is 71.6 Å². The number of ether oxygens (including phenoxy) is 1. The maximum absolute atomic E-state index is 13.3. The van der Waals surface area contributed by atoms with Crippen LogP contribution in [0.4, 0.5) is 0 Å². The van der Waals surface area contributed by atoms with E-state index < -0.39 is 0 Å². The minimum Gasteiger partial charge on any atom is -0.383 e. The second kappa shape index (κ2) is 9.25. The number of rotatable bonds is 7. The van der Waals surface area contributed by atoms with Crippen LogP contribution in [-0.2, 0) is 11.3 Å². The lowest BCUT2D eigenvalue weighted by Gasteiger charge is -2.33. The van der Waals surface area contributed by atoms with Gasteiger partial charge in [0.25, 0.3) is 5.56 Å². The number of hydrogen-bond acceptors (Lipinski definition) is 5. The highest BCUT2D eigenvalue weighted by Crippen LogP contribution is 2.21. The predicted octanol–water partition coefficient (Wildman–Crippen LogP) is -1.33. The van der Waals surface area contributed by atoms with Gasteiger partial charge in [0.15, 0.2) is 6.04 Å². The van der Waals surface area contributed by atoms with E-state index in [1.165, 1.54) is 10.5 Å². The van der Waals surface area contributed by atoms with E-state index >= 15 is 0 Å². The fraction of sp³-hybridized carbons (Fsp3) is 0.545. The van der Waals surface area contributed by atoms with E-state index in [1.54, 1.807) is 16.7 Å². The molecule has 0 saturated carbocycles. The SMILES string of the molecule is CC[NH+]1CC[NH+]([C@H](c2cc3cc(C)cc(C)c3[nH]c2=O)c2nnnn2CCOC)CC1. The molecule has 0 spiro atoms. The number of nitrogens with zero attached hydrogens (tertiary/aromatic N) is 4. The van der Waals surface area contributed by atoms with Gasteiger partial charge in [-0.2, -0.15) is 0 Å². The first-order chi connectivity index (χ1) is 15.0. The largest absolute Gasteiger partial charge is 0.383 e. The minimum absolute atomic E-state index is 0.0662. The Balaban J connectivity index is 1.82. The molecule has 166 valence electrons. The molecule has 3 N–H and O–H groups in total. The van der Waals surface area contributed by atoms with Crippen LogP contribution < -0.4 is 15.4 Å². The molecule has 1 aliphatic heterocycles. The van der Waals surface area contributed by atoms with E-state index in [2.05, 4.69) is 46.5 Å². The lowest BCUT2D eigenvalue weighted by molar-refractivity contribution is -1.02. The van der Waals surface area contributed by atoms with Crippen molar-refractivity contribution in [2.45, 2.75) is 33.4 Å². The van der Waals surface area contributed by atoms with Crippen molar-refractivity contribution in [3.8, 4) is 0 Å². The van der Waals surface area contributed by atoms with Gasteiger partial charge in [-0.05, 0) is 54.3 Å². The summed E-state index contributed by atoms with van der Waals surface area (Å²) in [4.78, 5) is 19.4. The predicted molar refractivity (Wildman–Crippen MR) is 118 cm³/mol. The molecule has 0 unspecified atom stereocenters. The van der Waals surface area contributed by atoms with Gasteiger partial charge in [0.2, 0.25) is 5.82 Å². The number of pyridine rings is 1. The van der Waals surface area contributed by atoms with Gasteiger partial charge in [-0.25, -0.2) is 4.68 Å². The van der Waals surface area contributed by atoms with Crippen molar-refractivity contribution >= 4 is 10.9 Å². The molecule has 31 heavy (non-hydrogen) atoms. The first-order valence-corrected chi connectivity index (χ1v) is 11.1. The van der Waals surface area contributed by atoms with Crippen molar-refractivity contribution in [2.24, 2.45) is 0 Å². The Morgan fingerprint density at radius 3 is 2.68 bits per heavy atom. The molecule has 1 aromatic carbocycles. The Hall–Kier alpha value is -2.62. The van der Waals surface area contributed by atoms with Crippen LogP contribution >= 0.6 is 0 Å². The number of piperazine rings is 1. The number of likely N-dealkylation sites (N-methyl/N-ethyl adjacent to an activating group) is 1. The lowest BCUT2D eigenvalue weighted by Crippen LogP contribution is -3.28. The molecule has 0 amide bonds. The van der Waals surface area contributed by atoms with E-state index in [4.69, 9.17) is 4.74 Å². The van der Waals surface area contributed by atoms with Crippen LogP contribution in [0.25, 0.3) is 10.9 Å². The third kappa shape index (κ3) is 4.39. The smallest absolute Gasteiger partial charge is 0.258 e. The van der Waals surface area contributed by atoms with E-state index in [9.17, 15) is 4.79 Å². The fourth-order valence-corrected chi connectivity index (χ4v) is 4.78. The Morgan fingerprint density at radius 2 is 1.97 bits per heavy atom. The van der Waals surface area contributed by atoms with E-state index in [0.717, 1.165) is 60.6 Å². The normalized spacial score (nSPS) is 20.3.